The third-order valence-corrected chi connectivity index (χ3v) is 6.46. The summed E-state index contributed by atoms with van der Waals surface area (Å²) in [6, 6.07) is 9.90. The summed E-state index contributed by atoms with van der Waals surface area (Å²) in [5, 5.41) is 4.13. The van der Waals surface area contributed by atoms with E-state index >= 15 is 0 Å². The number of hydrogen-bond donors (Lipinski definition) is 0. The first-order valence-electron chi connectivity index (χ1n) is 10.1. The molecule has 7 nitrogen and oxygen atoms in total. The van der Waals surface area contributed by atoms with Crippen molar-refractivity contribution in [2.24, 2.45) is 7.05 Å². The monoisotopic (exact) mass is 475 g/mol. The lowest BCUT2D eigenvalue weighted by molar-refractivity contribution is -0.144. The highest BCUT2D eigenvalue weighted by molar-refractivity contribution is 6.30. The van der Waals surface area contributed by atoms with Gasteiger partial charge in [0.25, 0.3) is 11.8 Å². The number of aryl methyl sites for hydroxylation is 1. The average Bonchev–Trinajstić information content (AvgIpc) is 3.35. The molecule has 33 heavy (non-hydrogen) atoms. The van der Waals surface area contributed by atoms with Crippen molar-refractivity contribution in [3.05, 3.63) is 81.9 Å². The molecule has 4 heterocycles. The number of amides is 2. The summed E-state index contributed by atoms with van der Waals surface area (Å²) in [4.78, 5) is 34.2. The van der Waals surface area contributed by atoms with Crippen LogP contribution in [0.25, 0.3) is 0 Å². The molecule has 0 N–H and O–H groups in total. The van der Waals surface area contributed by atoms with Crippen molar-refractivity contribution in [2.45, 2.75) is 18.3 Å². The van der Waals surface area contributed by atoms with Crippen molar-refractivity contribution in [1.82, 2.24) is 24.6 Å². The van der Waals surface area contributed by atoms with E-state index in [0.717, 1.165) is 13.2 Å². The van der Waals surface area contributed by atoms with Crippen LogP contribution in [-0.2, 0) is 25.3 Å². The molecule has 1 fully saturated rings. The summed E-state index contributed by atoms with van der Waals surface area (Å²) in [6.45, 7) is 0.205. The fourth-order valence-corrected chi connectivity index (χ4v) is 4.93. The highest BCUT2D eigenvalue weighted by Gasteiger charge is 2.57. The van der Waals surface area contributed by atoms with Gasteiger partial charge in [0.15, 0.2) is 5.69 Å². The Bertz CT molecular complexity index is 1270. The standard InChI is InChI=1S/C22H17ClF3N5O2/c1-29-18(22(24,25)26)16(12-28-29)20(33)31-10-9-30-19(32)15-3-2-8-27-17(15)11-21(30,31)13-4-6-14(23)7-5-13/h2-8,12H,9-11H2,1H3. The lowest BCUT2D eigenvalue weighted by Gasteiger charge is -2.46. The van der Waals surface area contributed by atoms with Gasteiger partial charge in [-0.05, 0) is 29.8 Å². The third-order valence-electron chi connectivity index (χ3n) is 6.21. The zero-order chi connectivity index (χ0) is 23.5. The Balaban J connectivity index is 1.70. The van der Waals surface area contributed by atoms with Crippen LogP contribution >= 0.6 is 11.6 Å². The van der Waals surface area contributed by atoms with E-state index in [1.165, 1.54) is 9.80 Å². The molecular formula is C22H17ClF3N5O2. The molecule has 0 bridgehead atoms. The van der Waals surface area contributed by atoms with Gasteiger partial charge >= 0.3 is 6.18 Å². The number of alkyl halides is 3. The number of carbonyl (C=O) groups excluding carboxylic acids is 2. The first-order valence-corrected chi connectivity index (χ1v) is 10.5. The molecule has 5 rings (SSSR count). The van der Waals surface area contributed by atoms with E-state index in [9.17, 15) is 22.8 Å². The Morgan fingerprint density at radius 1 is 1.15 bits per heavy atom. The largest absolute Gasteiger partial charge is 0.433 e. The molecule has 2 aliphatic heterocycles. The lowest BCUT2D eigenvalue weighted by Crippen LogP contribution is -2.58. The summed E-state index contributed by atoms with van der Waals surface area (Å²) < 4.78 is 41.8. The van der Waals surface area contributed by atoms with Gasteiger partial charge in [-0.15, -0.1) is 0 Å². The topological polar surface area (TPSA) is 71.3 Å². The van der Waals surface area contributed by atoms with Crippen molar-refractivity contribution in [1.29, 1.82) is 0 Å². The number of benzene rings is 1. The van der Waals surface area contributed by atoms with Gasteiger partial charge in [-0.2, -0.15) is 18.3 Å². The second-order valence-corrected chi connectivity index (χ2v) is 8.38. The summed E-state index contributed by atoms with van der Waals surface area (Å²) in [5.74, 6) is -1.20. The van der Waals surface area contributed by atoms with E-state index in [-0.39, 0.29) is 25.4 Å². The minimum atomic E-state index is -4.78. The van der Waals surface area contributed by atoms with Crippen LogP contribution in [0, 0.1) is 0 Å². The van der Waals surface area contributed by atoms with Crippen molar-refractivity contribution in [2.75, 3.05) is 13.1 Å². The van der Waals surface area contributed by atoms with Crippen LogP contribution in [0.15, 0.2) is 48.8 Å². The number of pyridine rings is 1. The van der Waals surface area contributed by atoms with E-state index in [1.807, 2.05) is 0 Å². The zero-order valence-corrected chi connectivity index (χ0v) is 18.1. The molecule has 3 aromatic rings. The minimum Gasteiger partial charge on any atom is -0.309 e. The molecule has 11 heteroatoms. The number of carbonyl (C=O) groups is 2. The average molecular weight is 476 g/mol. The Labute approximate surface area is 191 Å². The number of aromatic nitrogens is 3. The Kier molecular flexibility index (Phi) is 4.75. The second-order valence-electron chi connectivity index (χ2n) is 7.94. The quantitative estimate of drug-likeness (QED) is 0.569. The smallest absolute Gasteiger partial charge is 0.309 e. The fraction of sp³-hybridized carbons (Fsp3) is 0.273. The van der Waals surface area contributed by atoms with Crippen LogP contribution in [0.4, 0.5) is 13.2 Å². The van der Waals surface area contributed by atoms with Gasteiger partial charge in [-0.1, -0.05) is 23.7 Å². The molecule has 2 amide bonds. The number of rotatable bonds is 2. The molecule has 1 atom stereocenters. The van der Waals surface area contributed by atoms with Crippen LogP contribution in [0.1, 0.15) is 37.7 Å². The molecule has 2 aliphatic rings. The van der Waals surface area contributed by atoms with Gasteiger partial charge in [0, 0.05) is 37.8 Å². The number of halogens is 4. The summed E-state index contributed by atoms with van der Waals surface area (Å²) in [7, 11) is 1.13. The van der Waals surface area contributed by atoms with E-state index in [2.05, 4.69) is 10.1 Å². The van der Waals surface area contributed by atoms with Crippen molar-refractivity contribution >= 4 is 23.4 Å². The maximum Gasteiger partial charge on any atom is 0.433 e. The molecule has 0 radical (unpaired) electrons. The summed E-state index contributed by atoms with van der Waals surface area (Å²) >= 11 is 6.06. The molecule has 0 saturated carbocycles. The minimum absolute atomic E-state index is 0.0490. The van der Waals surface area contributed by atoms with Gasteiger partial charge in [0.1, 0.15) is 5.66 Å². The van der Waals surface area contributed by atoms with Crippen LogP contribution in [0.5, 0.6) is 0 Å². The molecule has 1 unspecified atom stereocenters. The van der Waals surface area contributed by atoms with Gasteiger partial charge in [0.05, 0.1) is 23.0 Å². The zero-order valence-electron chi connectivity index (χ0n) is 17.3. The maximum absolute atomic E-state index is 13.7. The predicted octanol–water partition coefficient (Wildman–Crippen LogP) is 3.49. The third kappa shape index (κ3) is 3.12. The number of fused-ring (bicyclic) bond motifs is 2. The Hall–Kier alpha value is -3.40. The van der Waals surface area contributed by atoms with Crippen molar-refractivity contribution in [3.8, 4) is 0 Å². The highest BCUT2D eigenvalue weighted by atomic mass is 35.5. The first-order chi connectivity index (χ1) is 15.6. The van der Waals surface area contributed by atoms with Crippen LogP contribution in [-0.4, -0.2) is 49.5 Å². The SMILES string of the molecule is Cn1ncc(C(=O)N2CCN3C(=O)c4cccnc4CC32c2ccc(Cl)cc2)c1C(F)(F)F. The molecule has 170 valence electrons. The normalized spacial score (nSPS) is 20.1. The van der Waals surface area contributed by atoms with E-state index in [0.29, 0.717) is 26.5 Å². The molecule has 1 saturated heterocycles. The van der Waals surface area contributed by atoms with Crippen LogP contribution < -0.4 is 0 Å². The van der Waals surface area contributed by atoms with E-state index < -0.39 is 29.0 Å². The number of hydrogen-bond acceptors (Lipinski definition) is 4. The Morgan fingerprint density at radius 3 is 2.58 bits per heavy atom. The lowest BCUT2D eigenvalue weighted by atomic mass is 9.86. The fourth-order valence-electron chi connectivity index (χ4n) is 4.80. The van der Waals surface area contributed by atoms with Gasteiger partial charge in [-0.3, -0.25) is 19.3 Å². The van der Waals surface area contributed by atoms with Gasteiger partial charge in [0.2, 0.25) is 0 Å². The van der Waals surface area contributed by atoms with Gasteiger partial charge < -0.3 is 9.80 Å². The molecule has 0 aliphatic carbocycles. The second kappa shape index (κ2) is 7.31. The van der Waals surface area contributed by atoms with Crippen molar-refractivity contribution < 1.29 is 22.8 Å². The maximum atomic E-state index is 13.7. The van der Waals surface area contributed by atoms with Crippen LogP contribution in [0.3, 0.4) is 0 Å². The Morgan fingerprint density at radius 2 is 1.88 bits per heavy atom. The molecule has 0 spiro atoms. The summed E-state index contributed by atoms with van der Waals surface area (Å²) in [6.07, 6.45) is -2.19. The van der Waals surface area contributed by atoms with Crippen molar-refractivity contribution in [3.63, 3.8) is 0 Å². The molecule has 1 aromatic carbocycles. The van der Waals surface area contributed by atoms with E-state index in [4.69, 9.17) is 11.6 Å². The molecule has 2 aromatic heterocycles. The number of nitrogens with zero attached hydrogens (tertiary/aromatic N) is 5. The predicted molar refractivity (Wildman–Crippen MR) is 111 cm³/mol. The summed E-state index contributed by atoms with van der Waals surface area (Å²) in [5.41, 5.74) is -1.62. The first kappa shape index (κ1) is 21.4. The van der Waals surface area contributed by atoms with Crippen LogP contribution in [0.2, 0.25) is 5.02 Å². The molecular weight excluding hydrogens is 459 g/mol. The van der Waals surface area contributed by atoms with Gasteiger partial charge in [-0.25, -0.2) is 0 Å². The highest BCUT2D eigenvalue weighted by Crippen LogP contribution is 2.46. The van der Waals surface area contributed by atoms with E-state index in [1.54, 1.807) is 42.6 Å².